The van der Waals surface area contributed by atoms with Gasteiger partial charge in [0.15, 0.2) is 14.9 Å². The highest BCUT2D eigenvalue weighted by atomic mass is 32.2. The van der Waals surface area contributed by atoms with E-state index < -0.39 is 21.1 Å². The van der Waals surface area contributed by atoms with Gasteiger partial charge in [-0.2, -0.15) is 5.10 Å². The number of hydrogen-bond acceptors (Lipinski definition) is 6. The van der Waals surface area contributed by atoms with Gasteiger partial charge in [-0.1, -0.05) is 11.8 Å². The molecule has 0 bridgehead atoms. The molecule has 0 aliphatic carbocycles. The van der Waals surface area contributed by atoms with Crippen LogP contribution in [0.2, 0.25) is 0 Å². The first-order valence-electron chi connectivity index (χ1n) is 4.52. The molecule has 1 atom stereocenters. The fourth-order valence-electron chi connectivity index (χ4n) is 1.43. The molecule has 2 N–H and O–H groups in total. The Hall–Kier alpha value is -1.09. The molecule has 2 rings (SSSR count). The Morgan fingerprint density at radius 1 is 1.38 bits per heavy atom. The molecule has 1 aliphatic rings. The summed E-state index contributed by atoms with van der Waals surface area (Å²) in [5.41, 5.74) is -1.26. The Morgan fingerprint density at radius 2 is 2.12 bits per heavy atom. The summed E-state index contributed by atoms with van der Waals surface area (Å²) in [4.78, 5) is 24.0. The topological polar surface area (TPSA) is 113 Å². The maximum atomic E-state index is 11.3. The predicted molar refractivity (Wildman–Crippen MR) is 58.4 cm³/mol. The van der Waals surface area contributed by atoms with Gasteiger partial charge >= 0.3 is 5.69 Å². The molecular formula is C7H9N3O4S2. The van der Waals surface area contributed by atoms with Gasteiger partial charge in [0.1, 0.15) is 0 Å². The number of aromatic amines is 2. The van der Waals surface area contributed by atoms with Gasteiger partial charge in [0, 0.05) is 5.25 Å². The van der Waals surface area contributed by atoms with Crippen LogP contribution in [-0.2, 0) is 9.84 Å². The maximum absolute atomic E-state index is 11.3. The normalized spacial score (nSPS) is 23.4. The van der Waals surface area contributed by atoms with E-state index in [1.165, 1.54) is 0 Å². The van der Waals surface area contributed by atoms with Crippen LogP contribution in [0.5, 0.6) is 0 Å². The molecule has 1 aromatic heterocycles. The molecule has 0 radical (unpaired) electrons. The van der Waals surface area contributed by atoms with Gasteiger partial charge in [-0.25, -0.2) is 18.3 Å². The Bertz CT molecular complexity index is 603. The molecule has 1 fully saturated rings. The number of aromatic nitrogens is 3. The van der Waals surface area contributed by atoms with Crippen LogP contribution in [-0.4, -0.2) is 40.4 Å². The second-order valence-corrected chi connectivity index (χ2v) is 6.97. The van der Waals surface area contributed by atoms with E-state index in [1.807, 2.05) is 4.98 Å². The van der Waals surface area contributed by atoms with Gasteiger partial charge in [-0.3, -0.25) is 9.78 Å². The third-order valence-electron chi connectivity index (χ3n) is 2.15. The van der Waals surface area contributed by atoms with Crippen LogP contribution in [0, 0.1) is 0 Å². The zero-order valence-corrected chi connectivity index (χ0v) is 9.73. The zero-order valence-electron chi connectivity index (χ0n) is 8.10. The quantitative estimate of drug-likeness (QED) is 0.688. The molecule has 88 valence electrons. The van der Waals surface area contributed by atoms with Gasteiger partial charge in [0.05, 0.1) is 11.5 Å². The van der Waals surface area contributed by atoms with Crippen molar-refractivity contribution >= 4 is 21.6 Å². The molecule has 0 aromatic carbocycles. The lowest BCUT2D eigenvalue weighted by Crippen LogP contribution is -2.25. The second kappa shape index (κ2) is 4.06. The summed E-state index contributed by atoms with van der Waals surface area (Å²) in [6, 6.07) is 0. The Labute approximate surface area is 94.6 Å². The van der Waals surface area contributed by atoms with Gasteiger partial charge in [0.2, 0.25) is 0 Å². The molecule has 9 heteroatoms. The second-order valence-electron chi connectivity index (χ2n) is 3.45. The number of nitrogens with zero attached hydrogens (tertiary/aromatic N) is 1. The van der Waals surface area contributed by atoms with Gasteiger partial charge in [-0.05, 0) is 6.42 Å². The molecule has 0 spiro atoms. The van der Waals surface area contributed by atoms with Crippen LogP contribution >= 0.6 is 11.8 Å². The maximum Gasteiger partial charge on any atom is 0.342 e. The van der Waals surface area contributed by atoms with Crippen molar-refractivity contribution in [1.82, 2.24) is 15.2 Å². The summed E-state index contributed by atoms with van der Waals surface area (Å²) < 4.78 is 22.4. The van der Waals surface area contributed by atoms with Crippen LogP contribution in [0.25, 0.3) is 0 Å². The third kappa shape index (κ3) is 2.53. The van der Waals surface area contributed by atoms with Crippen molar-refractivity contribution in [3.63, 3.8) is 0 Å². The molecule has 0 saturated carbocycles. The van der Waals surface area contributed by atoms with E-state index in [2.05, 4.69) is 10.2 Å². The number of rotatable bonds is 2. The molecule has 7 nitrogen and oxygen atoms in total. The van der Waals surface area contributed by atoms with E-state index >= 15 is 0 Å². The lowest BCUT2D eigenvalue weighted by Gasteiger charge is -2.03. The predicted octanol–water partition coefficient (Wildman–Crippen LogP) is -1.26. The standard InChI is InChI=1S/C7H9N3O4S2/c11-5-6(9-10-7(12)8-5)15-4-1-2-16(13,14)3-4/h4H,1-3H2,(H2,8,10,11,12). The summed E-state index contributed by atoms with van der Waals surface area (Å²) in [5, 5.41) is 5.62. The average molecular weight is 263 g/mol. The van der Waals surface area contributed by atoms with Gasteiger partial charge in [-0.15, -0.1) is 0 Å². The van der Waals surface area contributed by atoms with E-state index in [9.17, 15) is 18.0 Å². The Kier molecular flexibility index (Phi) is 2.89. The Morgan fingerprint density at radius 3 is 2.69 bits per heavy atom. The molecule has 1 aromatic rings. The van der Waals surface area contributed by atoms with Crippen LogP contribution in [0.15, 0.2) is 14.6 Å². The fraction of sp³-hybridized carbons (Fsp3) is 0.571. The first kappa shape index (κ1) is 11.4. The number of thioether (sulfide) groups is 1. The molecule has 2 heterocycles. The zero-order chi connectivity index (χ0) is 11.8. The van der Waals surface area contributed by atoms with Crippen LogP contribution in [0.3, 0.4) is 0 Å². The summed E-state index contributed by atoms with van der Waals surface area (Å²) in [7, 11) is -2.97. The third-order valence-corrected chi connectivity index (χ3v) is 5.36. The number of H-pyrrole nitrogens is 2. The van der Waals surface area contributed by atoms with E-state index in [0.29, 0.717) is 6.42 Å². The minimum Gasteiger partial charge on any atom is -0.271 e. The SMILES string of the molecule is O=c1[nH]nc(SC2CCS(=O)(=O)C2)c(=O)[nH]1. The largest absolute Gasteiger partial charge is 0.342 e. The van der Waals surface area contributed by atoms with Crippen LogP contribution in [0.4, 0.5) is 0 Å². The number of hydrogen-bond donors (Lipinski definition) is 2. The highest BCUT2D eigenvalue weighted by Gasteiger charge is 2.29. The molecule has 16 heavy (non-hydrogen) atoms. The van der Waals surface area contributed by atoms with Crippen molar-refractivity contribution in [2.24, 2.45) is 0 Å². The first-order valence-corrected chi connectivity index (χ1v) is 7.22. The van der Waals surface area contributed by atoms with Crippen molar-refractivity contribution in [1.29, 1.82) is 0 Å². The number of sulfone groups is 1. The lowest BCUT2D eigenvalue weighted by atomic mass is 10.4. The molecule has 1 aliphatic heterocycles. The van der Waals surface area contributed by atoms with E-state index in [4.69, 9.17) is 0 Å². The molecular weight excluding hydrogens is 254 g/mol. The first-order chi connectivity index (χ1) is 7.46. The summed E-state index contributed by atoms with van der Waals surface area (Å²) in [6.45, 7) is 0. The summed E-state index contributed by atoms with van der Waals surface area (Å²) in [5.74, 6) is 0.198. The molecule has 1 saturated heterocycles. The highest BCUT2D eigenvalue weighted by molar-refractivity contribution is 8.01. The highest BCUT2D eigenvalue weighted by Crippen LogP contribution is 2.27. The van der Waals surface area contributed by atoms with Crippen molar-refractivity contribution in [2.75, 3.05) is 11.5 Å². The van der Waals surface area contributed by atoms with E-state index in [0.717, 1.165) is 11.8 Å². The van der Waals surface area contributed by atoms with E-state index in [-0.39, 0.29) is 21.8 Å². The summed E-state index contributed by atoms with van der Waals surface area (Å²) in [6.07, 6.45) is 0.507. The smallest absolute Gasteiger partial charge is 0.271 e. The van der Waals surface area contributed by atoms with Crippen molar-refractivity contribution in [3.05, 3.63) is 20.8 Å². The van der Waals surface area contributed by atoms with Crippen LogP contribution in [0.1, 0.15) is 6.42 Å². The Balaban J connectivity index is 2.17. The minimum absolute atomic E-state index is 0.0535. The van der Waals surface area contributed by atoms with Crippen LogP contribution < -0.4 is 11.2 Å². The van der Waals surface area contributed by atoms with Gasteiger partial charge < -0.3 is 0 Å². The fourth-order valence-corrected chi connectivity index (χ4v) is 4.82. The number of nitrogens with one attached hydrogen (secondary N) is 2. The lowest BCUT2D eigenvalue weighted by molar-refractivity contribution is 0.602. The minimum atomic E-state index is -2.97. The van der Waals surface area contributed by atoms with Gasteiger partial charge in [0.25, 0.3) is 5.56 Å². The summed E-state index contributed by atoms with van der Waals surface area (Å²) >= 11 is 1.08. The molecule has 1 unspecified atom stereocenters. The van der Waals surface area contributed by atoms with E-state index in [1.54, 1.807) is 0 Å². The molecule has 0 amide bonds. The van der Waals surface area contributed by atoms with Crippen molar-refractivity contribution < 1.29 is 8.42 Å². The van der Waals surface area contributed by atoms with Crippen molar-refractivity contribution in [3.8, 4) is 0 Å². The van der Waals surface area contributed by atoms with Crippen molar-refractivity contribution in [2.45, 2.75) is 16.7 Å². The average Bonchev–Trinajstić information content (AvgIpc) is 2.51. The monoisotopic (exact) mass is 263 g/mol.